The Bertz CT molecular complexity index is 322. The van der Waals surface area contributed by atoms with Gasteiger partial charge >= 0.3 is 0 Å². The summed E-state index contributed by atoms with van der Waals surface area (Å²) in [6.45, 7) is 9.69. The summed E-state index contributed by atoms with van der Waals surface area (Å²) in [5, 5.41) is 3.37. The molecule has 96 valence electrons. The zero-order valence-corrected chi connectivity index (χ0v) is 11.7. The van der Waals surface area contributed by atoms with Crippen molar-refractivity contribution in [3.63, 3.8) is 0 Å². The number of benzene rings is 1. The van der Waals surface area contributed by atoms with Crippen molar-refractivity contribution >= 4 is 0 Å². The molecular formula is C15H26N2. The van der Waals surface area contributed by atoms with E-state index in [0.29, 0.717) is 6.04 Å². The third-order valence-electron chi connectivity index (χ3n) is 3.35. The Morgan fingerprint density at radius 1 is 1.24 bits per heavy atom. The predicted molar refractivity (Wildman–Crippen MR) is 75.0 cm³/mol. The standard InChI is InChI=1S/C15H26N2/c1-5-13(3)17(4)12-15-9-7-8-14(10-15)11-16-6-2/h7-10,13,16H,5-6,11-12H2,1-4H3. The van der Waals surface area contributed by atoms with Crippen LogP contribution in [0.3, 0.4) is 0 Å². The van der Waals surface area contributed by atoms with Gasteiger partial charge in [-0.1, -0.05) is 38.1 Å². The molecule has 1 N–H and O–H groups in total. The summed E-state index contributed by atoms with van der Waals surface area (Å²) >= 11 is 0. The van der Waals surface area contributed by atoms with Gasteiger partial charge < -0.3 is 5.32 Å². The summed E-state index contributed by atoms with van der Waals surface area (Å²) in [6, 6.07) is 9.52. The molecular weight excluding hydrogens is 208 g/mol. The zero-order chi connectivity index (χ0) is 12.7. The Kier molecular flexibility index (Phi) is 6.23. The van der Waals surface area contributed by atoms with Crippen molar-refractivity contribution < 1.29 is 0 Å². The lowest BCUT2D eigenvalue weighted by Gasteiger charge is -2.23. The summed E-state index contributed by atoms with van der Waals surface area (Å²) in [4.78, 5) is 2.41. The topological polar surface area (TPSA) is 15.3 Å². The van der Waals surface area contributed by atoms with Crippen LogP contribution in [0.2, 0.25) is 0 Å². The number of rotatable bonds is 7. The lowest BCUT2D eigenvalue weighted by molar-refractivity contribution is 0.244. The molecule has 0 saturated heterocycles. The fourth-order valence-corrected chi connectivity index (χ4v) is 1.86. The molecule has 0 radical (unpaired) electrons. The predicted octanol–water partition coefficient (Wildman–Crippen LogP) is 3.03. The highest BCUT2D eigenvalue weighted by atomic mass is 15.1. The van der Waals surface area contributed by atoms with Gasteiger partial charge in [0.1, 0.15) is 0 Å². The minimum atomic E-state index is 0.646. The van der Waals surface area contributed by atoms with Crippen LogP contribution in [0.5, 0.6) is 0 Å². The molecule has 1 aromatic carbocycles. The van der Waals surface area contributed by atoms with Gasteiger partial charge in [-0.3, -0.25) is 4.90 Å². The molecule has 0 amide bonds. The third-order valence-corrected chi connectivity index (χ3v) is 3.35. The van der Waals surface area contributed by atoms with Crippen LogP contribution in [0.4, 0.5) is 0 Å². The van der Waals surface area contributed by atoms with Gasteiger partial charge in [-0.05, 0) is 38.1 Å². The highest BCUT2D eigenvalue weighted by Gasteiger charge is 2.07. The van der Waals surface area contributed by atoms with E-state index in [0.717, 1.165) is 19.6 Å². The molecule has 0 aliphatic rings. The van der Waals surface area contributed by atoms with E-state index < -0.39 is 0 Å². The second-order valence-electron chi connectivity index (χ2n) is 4.77. The molecule has 1 unspecified atom stereocenters. The van der Waals surface area contributed by atoms with Crippen LogP contribution in [0.15, 0.2) is 24.3 Å². The van der Waals surface area contributed by atoms with E-state index in [2.05, 4.69) is 62.3 Å². The van der Waals surface area contributed by atoms with Gasteiger partial charge in [0, 0.05) is 19.1 Å². The number of nitrogens with one attached hydrogen (secondary N) is 1. The molecule has 1 aromatic rings. The van der Waals surface area contributed by atoms with Gasteiger partial charge in [0.25, 0.3) is 0 Å². The number of hydrogen-bond acceptors (Lipinski definition) is 2. The highest BCUT2D eigenvalue weighted by Crippen LogP contribution is 2.10. The number of hydrogen-bond donors (Lipinski definition) is 1. The molecule has 0 bridgehead atoms. The molecule has 1 rings (SSSR count). The first-order chi connectivity index (χ1) is 8.17. The third kappa shape index (κ3) is 4.88. The zero-order valence-electron chi connectivity index (χ0n) is 11.7. The van der Waals surface area contributed by atoms with E-state index in [-0.39, 0.29) is 0 Å². The molecule has 0 heterocycles. The number of nitrogens with zero attached hydrogens (tertiary/aromatic N) is 1. The summed E-state index contributed by atoms with van der Waals surface area (Å²) in [5.74, 6) is 0. The van der Waals surface area contributed by atoms with Crippen LogP contribution >= 0.6 is 0 Å². The van der Waals surface area contributed by atoms with Crippen molar-refractivity contribution in [2.45, 2.75) is 46.3 Å². The van der Waals surface area contributed by atoms with Crippen LogP contribution < -0.4 is 5.32 Å². The smallest absolute Gasteiger partial charge is 0.0233 e. The average molecular weight is 234 g/mol. The maximum Gasteiger partial charge on any atom is 0.0233 e. The van der Waals surface area contributed by atoms with Gasteiger partial charge in [0.15, 0.2) is 0 Å². The second-order valence-corrected chi connectivity index (χ2v) is 4.77. The molecule has 0 spiro atoms. The highest BCUT2D eigenvalue weighted by molar-refractivity contribution is 5.23. The first-order valence-corrected chi connectivity index (χ1v) is 6.66. The van der Waals surface area contributed by atoms with Gasteiger partial charge in [-0.25, -0.2) is 0 Å². The lowest BCUT2D eigenvalue weighted by Crippen LogP contribution is -2.27. The van der Waals surface area contributed by atoms with E-state index in [9.17, 15) is 0 Å². The minimum Gasteiger partial charge on any atom is -0.313 e. The van der Waals surface area contributed by atoms with E-state index in [1.54, 1.807) is 0 Å². The minimum absolute atomic E-state index is 0.646. The molecule has 2 nitrogen and oxygen atoms in total. The van der Waals surface area contributed by atoms with Gasteiger partial charge in [0.2, 0.25) is 0 Å². The summed E-state index contributed by atoms with van der Waals surface area (Å²) in [6.07, 6.45) is 1.20. The van der Waals surface area contributed by atoms with Crippen molar-refractivity contribution in [1.82, 2.24) is 10.2 Å². The van der Waals surface area contributed by atoms with Crippen molar-refractivity contribution in [2.75, 3.05) is 13.6 Å². The van der Waals surface area contributed by atoms with Gasteiger partial charge in [-0.2, -0.15) is 0 Å². The van der Waals surface area contributed by atoms with Crippen LogP contribution in [0, 0.1) is 0 Å². The molecule has 2 heteroatoms. The summed E-state index contributed by atoms with van der Waals surface area (Å²) < 4.78 is 0. The Balaban J connectivity index is 2.58. The quantitative estimate of drug-likeness (QED) is 0.780. The Morgan fingerprint density at radius 2 is 1.94 bits per heavy atom. The first-order valence-electron chi connectivity index (χ1n) is 6.66. The normalized spacial score (nSPS) is 13.0. The van der Waals surface area contributed by atoms with Gasteiger partial charge in [-0.15, -0.1) is 0 Å². The van der Waals surface area contributed by atoms with Crippen LogP contribution in [0.25, 0.3) is 0 Å². The van der Waals surface area contributed by atoms with Crippen molar-refractivity contribution in [1.29, 1.82) is 0 Å². The van der Waals surface area contributed by atoms with Crippen molar-refractivity contribution in [3.05, 3.63) is 35.4 Å². The van der Waals surface area contributed by atoms with E-state index in [1.807, 2.05) is 0 Å². The van der Waals surface area contributed by atoms with Crippen molar-refractivity contribution in [3.8, 4) is 0 Å². The maximum atomic E-state index is 3.37. The fourth-order valence-electron chi connectivity index (χ4n) is 1.86. The van der Waals surface area contributed by atoms with E-state index in [4.69, 9.17) is 0 Å². The fraction of sp³-hybridized carbons (Fsp3) is 0.600. The van der Waals surface area contributed by atoms with Gasteiger partial charge in [0.05, 0.1) is 0 Å². The van der Waals surface area contributed by atoms with Crippen LogP contribution in [-0.2, 0) is 13.1 Å². The summed E-state index contributed by atoms with van der Waals surface area (Å²) in [7, 11) is 2.20. The molecule has 0 aromatic heterocycles. The maximum absolute atomic E-state index is 3.37. The molecule has 0 aliphatic heterocycles. The first kappa shape index (κ1) is 14.2. The average Bonchev–Trinajstić information content (AvgIpc) is 2.35. The Morgan fingerprint density at radius 3 is 2.59 bits per heavy atom. The molecule has 0 aliphatic carbocycles. The Labute approximate surface area is 106 Å². The molecule has 17 heavy (non-hydrogen) atoms. The lowest BCUT2D eigenvalue weighted by atomic mass is 10.1. The van der Waals surface area contributed by atoms with E-state index in [1.165, 1.54) is 17.5 Å². The molecule has 1 atom stereocenters. The second kappa shape index (κ2) is 7.46. The largest absolute Gasteiger partial charge is 0.313 e. The molecule has 0 saturated carbocycles. The van der Waals surface area contributed by atoms with Crippen LogP contribution in [0.1, 0.15) is 38.3 Å². The SMILES string of the molecule is CCNCc1cccc(CN(C)C(C)CC)c1. The van der Waals surface area contributed by atoms with E-state index >= 15 is 0 Å². The summed E-state index contributed by atoms with van der Waals surface area (Å²) in [5.41, 5.74) is 2.78. The Hall–Kier alpha value is -0.860. The monoisotopic (exact) mass is 234 g/mol. The molecule has 0 fully saturated rings. The van der Waals surface area contributed by atoms with Crippen molar-refractivity contribution in [2.24, 2.45) is 0 Å². The van der Waals surface area contributed by atoms with Crippen LogP contribution in [-0.4, -0.2) is 24.5 Å².